The monoisotopic (exact) mass is 363 g/mol. The summed E-state index contributed by atoms with van der Waals surface area (Å²) in [6, 6.07) is 14.1. The molecular formula is C21H25N5O. The number of carbonyl (C=O) groups is 1. The zero-order valence-electron chi connectivity index (χ0n) is 16.0. The van der Waals surface area contributed by atoms with E-state index in [4.69, 9.17) is 0 Å². The molecule has 0 saturated carbocycles. The highest BCUT2D eigenvalue weighted by Crippen LogP contribution is 2.24. The van der Waals surface area contributed by atoms with E-state index in [1.807, 2.05) is 25.1 Å². The fraction of sp³-hybridized carbons (Fsp3) is 0.333. The number of hydrogen-bond donors (Lipinski definition) is 1. The first-order valence-electron chi connectivity index (χ1n) is 9.33. The Morgan fingerprint density at radius 2 is 1.93 bits per heavy atom. The summed E-state index contributed by atoms with van der Waals surface area (Å²) in [5.74, 6) is -0.0816. The Labute approximate surface area is 159 Å². The van der Waals surface area contributed by atoms with Crippen LogP contribution in [0, 0.1) is 6.92 Å². The third-order valence-electron chi connectivity index (χ3n) is 4.55. The maximum absolute atomic E-state index is 12.8. The van der Waals surface area contributed by atoms with Gasteiger partial charge >= 0.3 is 0 Å². The summed E-state index contributed by atoms with van der Waals surface area (Å²) in [6.07, 6.45) is 4.72. The van der Waals surface area contributed by atoms with Crippen LogP contribution in [0.2, 0.25) is 0 Å². The first-order chi connectivity index (χ1) is 13.1. The second kappa shape index (κ2) is 8.58. The van der Waals surface area contributed by atoms with Crippen LogP contribution in [0.3, 0.4) is 0 Å². The molecular weight excluding hydrogens is 338 g/mol. The van der Waals surface area contributed by atoms with Crippen LogP contribution in [0.15, 0.2) is 48.8 Å². The second-order valence-electron chi connectivity index (χ2n) is 6.91. The Morgan fingerprint density at radius 1 is 1.15 bits per heavy atom. The van der Waals surface area contributed by atoms with Crippen LogP contribution in [0.1, 0.15) is 49.0 Å². The number of nitrogens with one attached hydrogen (secondary N) is 1. The normalized spacial score (nSPS) is 12.0. The zero-order valence-corrected chi connectivity index (χ0v) is 16.0. The van der Waals surface area contributed by atoms with Gasteiger partial charge in [0.15, 0.2) is 0 Å². The number of aryl methyl sites for hydroxylation is 1. The second-order valence-corrected chi connectivity index (χ2v) is 6.91. The van der Waals surface area contributed by atoms with Crippen molar-refractivity contribution in [2.75, 3.05) is 0 Å². The van der Waals surface area contributed by atoms with Gasteiger partial charge in [0, 0.05) is 11.6 Å². The van der Waals surface area contributed by atoms with E-state index in [-0.39, 0.29) is 11.9 Å². The molecule has 1 heterocycles. The van der Waals surface area contributed by atoms with Crippen molar-refractivity contribution in [3.05, 3.63) is 59.9 Å². The summed E-state index contributed by atoms with van der Waals surface area (Å²) in [5.41, 5.74) is 4.54. The van der Waals surface area contributed by atoms with Gasteiger partial charge in [-0.1, -0.05) is 49.6 Å². The number of carbonyl (C=O) groups excluding carboxylic acids is 1. The first-order valence-corrected chi connectivity index (χ1v) is 9.33. The van der Waals surface area contributed by atoms with Gasteiger partial charge in [-0.2, -0.15) is 0 Å². The number of hydrogen-bond acceptors (Lipinski definition) is 4. The van der Waals surface area contributed by atoms with Crippen molar-refractivity contribution in [1.29, 1.82) is 0 Å². The lowest BCUT2D eigenvalue weighted by Crippen LogP contribution is -2.32. The summed E-state index contributed by atoms with van der Waals surface area (Å²) in [6.45, 7) is 6.25. The Kier molecular flexibility index (Phi) is 5.96. The lowest BCUT2D eigenvalue weighted by molar-refractivity contribution is 0.0938. The van der Waals surface area contributed by atoms with Crippen LogP contribution in [0.4, 0.5) is 0 Å². The van der Waals surface area contributed by atoms with Crippen molar-refractivity contribution in [2.24, 2.45) is 0 Å². The van der Waals surface area contributed by atoms with Gasteiger partial charge in [0.1, 0.15) is 6.33 Å². The molecule has 0 aliphatic rings. The van der Waals surface area contributed by atoms with Crippen molar-refractivity contribution < 1.29 is 4.79 Å². The Bertz CT molecular complexity index is 887. The topological polar surface area (TPSA) is 72.7 Å². The molecule has 3 aromatic rings. The number of rotatable bonds is 7. The van der Waals surface area contributed by atoms with Gasteiger partial charge in [-0.3, -0.25) is 4.79 Å². The van der Waals surface area contributed by atoms with Gasteiger partial charge in [0.25, 0.3) is 5.91 Å². The predicted octanol–water partition coefficient (Wildman–Crippen LogP) is 3.95. The molecule has 0 aliphatic heterocycles. The van der Waals surface area contributed by atoms with E-state index in [1.54, 1.807) is 4.68 Å². The number of benzene rings is 2. The molecule has 6 heteroatoms. The fourth-order valence-electron chi connectivity index (χ4n) is 2.96. The van der Waals surface area contributed by atoms with Gasteiger partial charge in [0.2, 0.25) is 0 Å². The molecule has 27 heavy (non-hydrogen) atoms. The van der Waals surface area contributed by atoms with E-state index in [0.29, 0.717) is 5.56 Å². The van der Waals surface area contributed by atoms with Crippen molar-refractivity contribution in [1.82, 2.24) is 25.5 Å². The average molecular weight is 363 g/mol. The Morgan fingerprint density at radius 3 is 2.59 bits per heavy atom. The highest BCUT2D eigenvalue weighted by Gasteiger charge is 2.14. The minimum Gasteiger partial charge on any atom is -0.350 e. The number of tetrazole rings is 1. The maximum Gasteiger partial charge on any atom is 0.251 e. The molecule has 3 rings (SSSR count). The third kappa shape index (κ3) is 4.78. The predicted molar refractivity (Wildman–Crippen MR) is 106 cm³/mol. The molecule has 1 amide bonds. The first kappa shape index (κ1) is 18.8. The highest BCUT2D eigenvalue weighted by atomic mass is 16.1. The lowest BCUT2D eigenvalue weighted by atomic mass is 10.0. The van der Waals surface area contributed by atoms with Gasteiger partial charge in [0.05, 0.1) is 5.69 Å². The van der Waals surface area contributed by atoms with Crippen molar-refractivity contribution in [3.63, 3.8) is 0 Å². The summed E-state index contributed by atoms with van der Waals surface area (Å²) in [5, 5.41) is 14.5. The molecule has 140 valence electrons. The molecule has 0 radical (unpaired) electrons. The quantitative estimate of drug-likeness (QED) is 0.690. The summed E-state index contributed by atoms with van der Waals surface area (Å²) in [7, 11) is 0. The SMILES string of the molecule is CCCC[C@@H](C)NC(=O)c1cc(-c2ccc(C)cc2)cc(-n2cnnn2)c1. The van der Waals surface area contributed by atoms with Gasteiger partial charge in [-0.25, -0.2) is 4.68 Å². The van der Waals surface area contributed by atoms with E-state index in [1.165, 1.54) is 11.9 Å². The number of aromatic nitrogens is 4. The van der Waals surface area contributed by atoms with Crippen LogP contribution in [0.5, 0.6) is 0 Å². The van der Waals surface area contributed by atoms with Crippen LogP contribution in [-0.2, 0) is 0 Å². The van der Waals surface area contributed by atoms with Crippen molar-refractivity contribution in [3.8, 4) is 16.8 Å². The Hall–Kier alpha value is -3.02. The molecule has 0 bridgehead atoms. The Balaban J connectivity index is 1.95. The maximum atomic E-state index is 12.8. The molecule has 0 aliphatic carbocycles. The molecule has 1 aromatic heterocycles. The van der Waals surface area contributed by atoms with E-state index >= 15 is 0 Å². The molecule has 1 N–H and O–H groups in total. The zero-order chi connectivity index (χ0) is 19.2. The fourth-order valence-corrected chi connectivity index (χ4v) is 2.96. The third-order valence-corrected chi connectivity index (χ3v) is 4.55. The minimum absolute atomic E-state index is 0.0816. The highest BCUT2D eigenvalue weighted by molar-refractivity contribution is 5.96. The molecule has 0 fully saturated rings. The molecule has 2 aromatic carbocycles. The molecule has 0 spiro atoms. The molecule has 0 saturated heterocycles. The van der Waals surface area contributed by atoms with E-state index < -0.39 is 0 Å². The number of amides is 1. The molecule has 1 atom stereocenters. The van der Waals surface area contributed by atoms with Gasteiger partial charge < -0.3 is 5.32 Å². The van der Waals surface area contributed by atoms with E-state index in [9.17, 15) is 4.79 Å². The minimum atomic E-state index is -0.0816. The lowest BCUT2D eigenvalue weighted by Gasteiger charge is -2.15. The van der Waals surface area contributed by atoms with E-state index in [2.05, 4.69) is 59.0 Å². The number of unbranched alkanes of at least 4 members (excludes halogenated alkanes) is 1. The van der Waals surface area contributed by atoms with Crippen LogP contribution >= 0.6 is 0 Å². The summed E-state index contributed by atoms with van der Waals surface area (Å²) in [4.78, 5) is 12.8. The van der Waals surface area contributed by atoms with Crippen molar-refractivity contribution in [2.45, 2.75) is 46.1 Å². The average Bonchev–Trinajstić information content (AvgIpc) is 3.21. The van der Waals surface area contributed by atoms with Crippen LogP contribution in [0.25, 0.3) is 16.8 Å². The molecule has 0 unspecified atom stereocenters. The smallest absolute Gasteiger partial charge is 0.251 e. The van der Waals surface area contributed by atoms with Crippen LogP contribution in [-0.4, -0.2) is 32.2 Å². The van der Waals surface area contributed by atoms with Crippen molar-refractivity contribution >= 4 is 5.91 Å². The summed E-state index contributed by atoms with van der Waals surface area (Å²) < 4.78 is 1.56. The standard InChI is InChI=1S/C21H25N5O/c1-4-5-6-16(3)23-21(27)19-11-18(17-9-7-15(2)8-10-17)12-20(13-19)26-14-22-24-25-26/h7-14,16H,4-6H2,1-3H3,(H,23,27)/t16-/m1/s1. The molecule has 6 nitrogen and oxygen atoms in total. The number of nitrogens with zero attached hydrogens (tertiary/aromatic N) is 4. The van der Waals surface area contributed by atoms with Crippen LogP contribution < -0.4 is 5.32 Å². The van der Waals surface area contributed by atoms with Gasteiger partial charge in [-0.15, -0.1) is 5.10 Å². The summed E-state index contributed by atoms with van der Waals surface area (Å²) >= 11 is 0. The largest absolute Gasteiger partial charge is 0.350 e. The van der Waals surface area contributed by atoms with Gasteiger partial charge in [-0.05, 0) is 60.0 Å². The van der Waals surface area contributed by atoms with E-state index in [0.717, 1.165) is 36.1 Å².